The maximum atomic E-state index is 12.0. The highest BCUT2D eigenvalue weighted by Crippen LogP contribution is 2.49. The second-order valence-electron chi connectivity index (χ2n) is 3.59. The molecule has 1 fully saturated rings. The molecule has 0 bridgehead atoms. The van der Waals surface area contributed by atoms with E-state index in [9.17, 15) is 9.67 Å². The van der Waals surface area contributed by atoms with Gasteiger partial charge in [0.25, 0.3) is 0 Å². The Hall–Kier alpha value is -0.230. The third-order valence-electron chi connectivity index (χ3n) is 2.22. The summed E-state index contributed by atoms with van der Waals surface area (Å²) in [5, 5.41) is 18.4. The minimum atomic E-state index is -3.24. The average Bonchev–Trinajstić information content (AvgIpc) is 2.57. The quantitative estimate of drug-likeness (QED) is 0.703. The van der Waals surface area contributed by atoms with Gasteiger partial charge < -0.3 is 24.0 Å². The van der Waals surface area contributed by atoms with E-state index in [0.717, 1.165) is 0 Å². The molecule has 0 aromatic carbocycles. The van der Waals surface area contributed by atoms with E-state index in [-0.39, 0.29) is 19.6 Å². The van der Waals surface area contributed by atoms with Crippen LogP contribution in [0, 0.1) is 0 Å². The predicted molar refractivity (Wildman–Crippen MR) is 61.5 cm³/mol. The van der Waals surface area contributed by atoms with E-state index >= 15 is 0 Å². The van der Waals surface area contributed by atoms with Crippen molar-refractivity contribution in [1.82, 2.24) is 0 Å². The highest BCUT2D eigenvalue weighted by molar-refractivity contribution is 7.57. The maximum absolute atomic E-state index is 12.0. The molecule has 6 nitrogen and oxygen atoms in total. The summed E-state index contributed by atoms with van der Waals surface area (Å²) in [6.45, 7) is 3.99. The summed E-state index contributed by atoms with van der Waals surface area (Å²) >= 11 is 0. The number of aliphatic hydroxyl groups excluding tert-OH is 2. The summed E-state index contributed by atoms with van der Waals surface area (Å²) < 4.78 is 27.1. The van der Waals surface area contributed by atoms with Crippen LogP contribution in [0.25, 0.3) is 0 Å². The Bertz CT molecular complexity index is 285. The first-order chi connectivity index (χ1) is 8.00. The first kappa shape index (κ1) is 14.8. The average molecular weight is 266 g/mol. The summed E-state index contributed by atoms with van der Waals surface area (Å²) in [5.41, 5.74) is 0. The molecule has 1 aliphatic heterocycles. The Labute approximate surface area is 101 Å². The van der Waals surface area contributed by atoms with Gasteiger partial charge in [0, 0.05) is 12.2 Å². The van der Waals surface area contributed by atoms with Crippen LogP contribution in [0.3, 0.4) is 0 Å². The van der Waals surface area contributed by atoms with E-state index in [2.05, 4.69) is 0 Å². The molecule has 7 heteroatoms. The molecule has 0 radical (unpaired) electrons. The molecule has 0 amide bonds. The van der Waals surface area contributed by atoms with E-state index in [1.54, 1.807) is 13.8 Å². The number of hydrogen-bond donors (Lipinski definition) is 2. The van der Waals surface area contributed by atoms with Crippen LogP contribution in [-0.2, 0) is 18.3 Å². The Kier molecular flexibility index (Phi) is 5.79. The minimum absolute atomic E-state index is 0.260. The van der Waals surface area contributed by atoms with Crippen molar-refractivity contribution in [3.63, 3.8) is 0 Å². The van der Waals surface area contributed by atoms with Gasteiger partial charge in [0.15, 0.2) is 6.29 Å². The molecule has 0 saturated carbocycles. The molecule has 3 atom stereocenters. The van der Waals surface area contributed by atoms with Crippen molar-refractivity contribution in [3.8, 4) is 0 Å². The number of ether oxygens (including phenoxy) is 1. The molecule has 0 aromatic heterocycles. The minimum Gasteiger partial charge on any atom is -0.388 e. The molecule has 1 unspecified atom stereocenters. The van der Waals surface area contributed by atoms with Crippen LogP contribution >= 0.6 is 7.60 Å². The number of hydrogen-bond acceptors (Lipinski definition) is 6. The lowest BCUT2D eigenvalue weighted by atomic mass is 10.2. The molecule has 0 aromatic rings. The molecule has 0 aliphatic carbocycles. The highest BCUT2D eigenvalue weighted by atomic mass is 31.2. The van der Waals surface area contributed by atoms with Gasteiger partial charge in [0.1, 0.15) is 6.10 Å². The van der Waals surface area contributed by atoms with Gasteiger partial charge >= 0.3 is 7.60 Å². The number of rotatable bonds is 6. The third kappa shape index (κ3) is 4.50. The zero-order chi connectivity index (χ0) is 12.9. The van der Waals surface area contributed by atoms with Gasteiger partial charge in [-0.15, -0.1) is 0 Å². The molecule has 0 spiro atoms. The summed E-state index contributed by atoms with van der Waals surface area (Å²) in [6.07, 6.45) is -0.831. The zero-order valence-electron chi connectivity index (χ0n) is 9.98. The summed E-state index contributed by atoms with van der Waals surface area (Å²) in [7, 11) is -3.24. The van der Waals surface area contributed by atoms with Crippen molar-refractivity contribution in [2.75, 3.05) is 13.2 Å². The highest BCUT2D eigenvalue weighted by Gasteiger charge is 2.31. The van der Waals surface area contributed by atoms with E-state index < -0.39 is 26.1 Å². The van der Waals surface area contributed by atoms with E-state index in [1.165, 1.54) is 11.9 Å². The van der Waals surface area contributed by atoms with Crippen molar-refractivity contribution in [3.05, 3.63) is 11.9 Å². The lowest BCUT2D eigenvalue weighted by Gasteiger charge is -2.13. The molecule has 1 heterocycles. The molecular weight excluding hydrogens is 247 g/mol. The Morgan fingerprint density at radius 3 is 2.35 bits per heavy atom. The summed E-state index contributed by atoms with van der Waals surface area (Å²) in [6, 6.07) is 0. The van der Waals surface area contributed by atoms with Crippen LogP contribution in [0.5, 0.6) is 0 Å². The zero-order valence-corrected chi connectivity index (χ0v) is 10.9. The third-order valence-corrected chi connectivity index (χ3v) is 3.99. The Morgan fingerprint density at radius 2 is 1.94 bits per heavy atom. The molecule has 100 valence electrons. The van der Waals surface area contributed by atoms with Gasteiger partial charge in [0.05, 0.1) is 19.3 Å². The van der Waals surface area contributed by atoms with Crippen molar-refractivity contribution in [1.29, 1.82) is 0 Å². The SMILES string of the molecule is CCOP(=O)(C=C[C@@H]1C[C@@H](O)C(O)O1)OCC. The first-order valence-electron chi connectivity index (χ1n) is 5.60. The first-order valence-corrected chi connectivity index (χ1v) is 7.21. The van der Waals surface area contributed by atoms with Crippen LogP contribution in [0.2, 0.25) is 0 Å². The molecule has 1 rings (SSSR count). The van der Waals surface area contributed by atoms with Crippen molar-refractivity contribution in [2.24, 2.45) is 0 Å². The van der Waals surface area contributed by atoms with Gasteiger partial charge in [-0.3, -0.25) is 4.57 Å². The van der Waals surface area contributed by atoms with Crippen LogP contribution < -0.4 is 0 Å². The topological polar surface area (TPSA) is 85.2 Å². The summed E-state index contributed by atoms with van der Waals surface area (Å²) in [5.74, 6) is 1.31. The van der Waals surface area contributed by atoms with Gasteiger partial charge in [-0.25, -0.2) is 0 Å². The van der Waals surface area contributed by atoms with Crippen molar-refractivity contribution in [2.45, 2.75) is 38.8 Å². The second-order valence-corrected chi connectivity index (χ2v) is 5.48. The van der Waals surface area contributed by atoms with Crippen LogP contribution in [-0.4, -0.2) is 41.9 Å². The maximum Gasteiger partial charge on any atom is 0.353 e. The molecular formula is C10H19O6P. The lowest BCUT2D eigenvalue weighted by Crippen LogP contribution is -2.19. The standard InChI is InChI=1S/C10H19O6P/c1-3-14-17(13,15-4-2)6-5-8-7-9(11)10(12)16-8/h5-6,8-12H,3-4,7H2,1-2H3/t8-,9-,10?/m1/s1. The van der Waals surface area contributed by atoms with E-state index in [4.69, 9.17) is 18.9 Å². The monoisotopic (exact) mass is 266 g/mol. The summed E-state index contributed by atoms with van der Waals surface area (Å²) in [4.78, 5) is 0. The molecule has 17 heavy (non-hydrogen) atoms. The van der Waals surface area contributed by atoms with Gasteiger partial charge in [-0.2, -0.15) is 0 Å². The largest absolute Gasteiger partial charge is 0.388 e. The normalized spacial score (nSPS) is 30.2. The second kappa shape index (κ2) is 6.64. The van der Waals surface area contributed by atoms with E-state index in [1.807, 2.05) is 0 Å². The molecule has 1 saturated heterocycles. The van der Waals surface area contributed by atoms with Gasteiger partial charge in [-0.1, -0.05) is 0 Å². The fourth-order valence-corrected chi connectivity index (χ4v) is 2.86. The fraction of sp³-hybridized carbons (Fsp3) is 0.800. The van der Waals surface area contributed by atoms with Crippen LogP contribution in [0.1, 0.15) is 20.3 Å². The van der Waals surface area contributed by atoms with Crippen LogP contribution in [0.4, 0.5) is 0 Å². The Morgan fingerprint density at radius 1 is 1.35 bits per heavy atom. The lowest BCUT2D eigenvalue weighted by molar-refractivity contribution is -0.119. The number of aliphatic hydroxyl groups is 2. The van der Waals surface area contributed by atoms with Crippen molar-refractivity contribution >= 4 is 7.60 Å². The fourth-order valence-electron chi connectivity index (χ4n) is 1.49. The molecule has 2 N–H and O–H groups in total. The van der Waals surface area contributed by atoms with Gasteiger partial charge in [-0.05, 0) is 19.9 Å². The van der Waals surface area contributed by atoms with E-state index in [0.29, 0.717) is 0 Å². The van der Waals surface area contributed by atoms with Crippen LogP contribution in [0.15, 0.2) is 11.9 Å². The smallest absolute Gasteiger partial charge is 0.353 e. The van der Waals surface area contributed by atoms with Crippen molar-refractivity contribution < 1.29 is 28.6 Å². The Balaban J connectivity index is 2.58. The van der Waals surface area contributed by atoms with Gasteiger partial charge in [0.2, 0.25) is 0 Å². The molecule has 1 aliphatic rings. The predicted octanol–water partition coefficient (Wildman–Crippen LogP) is 1.23.